The maximum atomic E-state index is 13.3. The van der Waals surface area contributed by atoms with E-state index in [0.29, 0.717) is 30.2 Å². The number of alkyl carbamates (subject to hydrolysis) is 1. The maximum absolute atomic E-state index is 13.3. The number of ether oxygens (including phenoxy) is 1. The number of aromatic nitrogens is 2. The molecule has 2 aromatic rings. The minimum absolute atomic E-state index is 0. The summed E-state index contributed by atoms with van der Waals surface area (Å²) in [7, 11) is 0. The molecule has 0 unspecified atom stereocenters. The second kappa shape index (κ2) is 8.71. The highest BCUT2D eigenvalue weighted by Crippen LogP contribution is 2.30. The second-order valence-corrected chi connectivity index (χ2v) is 8.06. The van der Waals surface area contributed by atoms with E-state index in [2.05, 4.69) is 20.2 Å². The van der Waals surface area contributed by atoms with E-state index in [1.807, 2.05) is 20.8 Å². The normalized spacial score (nSPS) is 15.4. The summed E-state index contributed by atoms with van der Waals surface area (Å²) in [6.45, 7) is 6.83. The fourth-order valence-electron chi connectivity index (χ4n) is 3.29. The van der Waals surface area contributed by atoms with Crippen LogP contribution in [0.15, 0.2) is 36.7 Å². The van der Waals surface area contributed by atoms with Crippen LogP contribution in [0.1, 0.15) is 47.0 Å². The molecule has 29 heavy (non-hydrogen) atoms. The number of anilines is 1. The molecule has 1 aromatic carbocycles. The van der Waals surface area contributed by atoms with Gasteiger partial charge in [-0.25, -0.2) is 18.6 Å². The quantitative estimate of drug-likeness (QED) is 0.788. The van der Waals surface area contributed by atoms with Gasteiger partial charge in [-0.2, -0.15) is 0 Å². The van der Waals surface area contributed by atoms with Gasteiger partial charge in [0.05, 0.1) is 18.1 Å². The van der Waals surface area contributed by atoms with E-state index in [0.717, 1.165) is 12.8 Å². The van der Waals surface area contributed by atoms with Gasteiger partial charge in [-0.15, -0.1) is 0 Å². The van der Waals surface area contributed by atoms with Crippen LogP contribution in [0.5, 0.6) is 0 Å². The molecule has 0 atom stereocenters. The summed E-state index contributed by atoms with van der Waals surface area (Å²) in [5.74, 6) is 0.641. The number of piperidine rings is 1. The van der Waals surface area contributed by atoms with Crippen LogP contribution < -0.4 is 10.2 Å². The summed E-state index contributed by atoms with van der Waals surface area (Å²) in [6.07, 6.45) is 1.61. The molecule has 0 radical (unpaired) electrons. The number of amides is 1. The Morgan fingerprint density at radius 3 is 2.59 bits per heavy atom. The van der Waals surface area contributed by atoms with Gasteiger partial charge in [0.15, 0.2) is 0 Å². The maximum Gasteiger partial charge on any atom is 0.407 e. The van der Waals surface area contributed by atoms with E-state index in [4.69, 9.17) is 4.74 Å². The lowest BCUT2D eigenvalue weighted by atomic mass is 10.0. The van der Waals surface area contributed by atoms with Crippen molar-refractivity contribution in [3.63, 3.8) is 0 Å². The predicted octanol–water partition coefficient (Wildman–Crippen LogP) is 4.82. The van der Waals surface area contributed by atoms with Gasteiger partial charge >= 0.3 is 6.09 Å². The highest BCUT2D eigenvalue weighted by molar-refractivity contribution is 5.68. The van der Waals surface area contributed by atoms with Crippen LogP contribution in [-0.4, -0.2) is 40.8 Å². The summed E-state index contributed by atoms with van der Waals surface area (Å²) in [6, 6.07) is 6.36. The summed E-state index contributed by atoms with van der Waals surface area (Å²) in [5, 5.41) is 2.90. The fraction of sp³-hybridized carbons (Fsp3) is 0.476. The van der Waals surface area contributed by atoms with Crippen molar-refractivity contribution < 1.29 is 19.7 Å². The molecule has 1 aromatic heterocycles. The SMILES string of the molecule is CC(C)(C)OC(=O)NC1CCN(c2cncc(-c3ccccc3C(F)F)n2)CC1.[HH]. The lowest BCUT2D eigenvalue weighted by Gasteiger charge is -2.33. The first-order valence-electron chi connectivity index (χ1n) is 9.67. The van der Waals surface area contributed by atoms with Crippen LogP contribution in [0.4, 0.5) is 19.4 Å². The van der Waals surface area contributed by atoms with Crippen molar-refractivity contribution in [2.45, 2.75) is 51.7 Å². The third kappa shape index (κ3) is 5.62. The van der Waals surface area contributed by atoms with Gasteiger partial charge < -0.3 is 15.0 Å². The van der Waals surface area contributed by atoms with E-state index >= 15 is 0 Å². The molecule has 1 fully saturated rings. The molecule has 2 heterocycles. The van der Waals surface area contributed by atoms with Crippen LogP contribution in [-0.2, 0) is 4.74 Å². The average molecular weight is 406 g/mol. The molecule has 0 saturated carbocycles. The topological polar surface area (TPSA) is 67.3 Å². The Kier molecular flexibility index (Phi) is 6.30. The van der Waals surface area contributed by atoms with Crippen molar-refractivity contribution in [1.29, 1.82) is 0 Å². The van der Waals surface area contributed by atoms with Crippen LogP contribution in [0.25, 0.3) is 11.3 Å². The number of carbonyl (C=O) groups is 1. The van der Waals surface area contributed by atoms with Gasteiger partial charge in [-0.3, -0.25) is 4.98 Å². The van der Waals surface area contributed by atoms with Crippen molar-refractivity contribution in [2.24, 2.45) is 0 Å². The number of nitrogens with zero attached hydrogens (tertiary/aromatic N) is 3. The Labute approximate surface area is 170 Å². The standard InChI is InChI=1S/C21H26F2N4O2.H2/c1-21(2,3)29-20(28)25-14-8-10-27(11-9-14)18-13-24-12-17(26-18)15-6-4-5-7-16(15)19(22)23;/h4-7,12-14,19H,8-11H2,1-3H3,(H,25,28);1H. The summed E-state index contributed by atoms with van der Waals surface area (Å²) >= 11 is 0. The molecular formula is C21H28F2N4O2. The molecule has 1 amide bonds. The summed E-state index contributed by atoms with van der Waals surface area (Å²) < 4.78 is 31.9. The van der Waals surface area contributed by atoms with Crippen molar-refractivity contribution in [3.8, 4) is 11.3 Å². The number of hydrogen-bond donors (Lipinski definition) is 1. The third-order valence-electron chi connectivity index (χ3n) is 4.63. The molecule has 158 valence electrons. The number of rotatable bonds is 4. The first kappa shape index (κ1) is 21.0. The van der Waals surface area contributed by atoms with Crippen LogP contribution in [0.3, 0.4) is 0 Å². The van der Waals surface area contributed by atoms with E-state index in [-0.39, 0.29) is 13.0 Å². The molecular weight excluding hydrogens is 378 g/mol. The Morgan fingerprint density at radius 2 is 1.93 bits per heavy atom. The molecule has 0 aliphatic carbocycles. The van der Waals surface area contributed by atoms with E-state index in [1.54, 1.807) is 24.4 Å². The van der Waals surface area contributed by atoms with Gasteiger partial charge in [0.25, 0.3) is 6.43 Å². The van der Waals surface area contributed by atoms with Gasteiger partial charge in [0.2, 0.25) is 0 Å². The zero-order valence-corrected chi connectivity index (χ0v) is 16.9. The highest BCUT2D eigenvalue weighted by Gasteiger charge is 2.25. The summed E-state index contributed by atoms with van der Waals surface area (Å²) in [5.41, 5.74) is 0.222. The number of benzene rings is 1. The Bertz CT molecular complexity index is 853. The zero-order valence-electron chi connectivity index (χ0n) is 16.9. The van der Waals surface area contributed by atoms with Gasteiger partial charge in [0.1, 0.15) is 11.4 Å². The van der Waals surface area contributed by atoms with Crippen molar-refractivity contribution in [1.82, 2.24) is 15.3 Å². The Balaban J connectivity index is 0.00000320. The monoisotopic (exact) mass is 406 g/mol. The number of alkyl halides is 2. The average Bonchev–Trinajstić information content (AvgIpc) is 2.67. The summed E-state index contributed by atoms with van der Waals surface area (Å²) in [4.78, 5) is 22.8. The molecule has 1 aliphatic rings. The molecule has 1 N–H and O–H groups in total. The molecule has 0 bridgehead atoms. The van der Waals surface area contributed by atoms with Crippen molar-refractivity contribution in [3.05, 3.63) is 42.2 Å². The van der Waals surface area contributed by atoms with E-state index < -0.39 is 18.1 Å². The fourth-order valence-corrected chi connectivity index (χ4v) is 3.29. The minimum atomic E-state index is -2.58. The predicted molar refractivity (Wildman–Crippen MR) is 109 cm³/mol. The second-order valence-electron chi connectivity index (χ2n) is 8.06. The number of hydrogen-bond acceptors (Lipinski definition) is 5. The van der Waals surface area contributed by atoms with Crippen LogP contribution in [0, 0.1) is 0 Å². The molecule has 1 saturated heterocycles. The van der Waals surface area contributed by atoms with Crippen LogP contribution >= 0.6 is 0 Å². The van der Waals surface area contributed by atoms with Crippen LogP contribution in [0.2, 0.25) is 0 Å². The van der Waals surface area contributed by atoms with Gasteiger partial charge in [0, 0.05) is 31.7 Å². The van der Waals surface area contributed by atoms with E-state index in [9.17, 15) is 13.6 Å². The molecule has 6 nitrogen and oxygen atoms in total. The van der Waals surface area contributed by atoms with Crippen molar-refractivity contribution >= 4 is 11.9 Å². The lowest BCUT2D eigenvalue weighted by molar-refractivity contribution is 0.0497. The van der Waals surface area contributed by atoms with Gasteiger partial charge in [-0.1, -0.05) is 24.3 Å². The molecule has 3 rings (SSSR count). The minimum Gasteiger partial charge on any atom is -0.444 e. The number of nitrogens with one attached hydrogen (secondary N) is 1. The Morgan fingerprint density at radius 1 is 1.24 bits per heavy atom. The molecule has 8 heteroatoms. The highest BCUT2D eigenvalue weighted by atomic mass is 19.3. The van der Waals surface area contributed by atoms with Crippen molar-refractivity contribution in [2.75, 3.05) is 18.0 Å². The molecule has 1 aliphatic heterocycles. The molecule has 0 spiro atoms. The third-order valence-corrected chi connectivity index (χ3v) is 4.63. The number of carbonyl (C=O) groups excluding carboxylic acids is 1. The zero-order chi connectivity index (χ0) is 21.0. The lowest BCUT2D eigenvalue weighted by Crippen LogP contribution is -2.46. The van der Waals surface area contributed by atoms with E-state index in [1.165, 1.54) is 12.3 Å². The first-order chi connectivity index (χ1) is 13.7. The first-order valence-corrected chi connectivity index (χ1v) is 9.67. The smallest absolute Gasteiger partial charge is 0.407 e. The van der Waals surface area contributed by atoms with Gasteiger partial charge in [-0.05, 0) is 33.6 Å². The Hall–Kier alpha value is -2.77. The number of halogens is 2. The largest absolute Gasteiger partial charge is 0.444 e.